The van der Waals surface area contributed by atoms with Crippen LogP contribution < -0.4 is 15.5 Å². The lowest BCUT2D eigenvalue weighted by Crippen LogP contribution is -2.50. The number of urea groups is 1. The summed E-state index contributed by atoms with van der Waals surface area (Å²) in [5.41, 5.74) is 1.86. The lowest BCUT2D eigenvalue weighted by Gasteiger charge is -2.36. The number of hydrogen-bond acceptors (Lipinski definition) is 4. The molecule has 1 fully saturated rings. The van der Waals surface area contributed by atoms with Gasteiger partial charge in [-0.05, 0) is 63.2 Å². The Morgan fingerprint density at radius 1 is 0.933 bits per heavy atom. The van der Waals surface area contributed by atoms with Crippen molar-refractivity contribution in [2.75, 3.05) is 41.7 Å². The average molecular weight is 431 g/mol. The minimum atomic E-state index is -0.490. The highest BCUT2D eigenvalue weighted by molar-refractivity contribution is 6.30. The Kier molecular flexibility index (Phi) is 6.72. The number of nitrogens with zero attached hydrogens (tertiary/aromatic N) is 2. The molecule has 3 amide bonds. The zero-order valence-electron chi connectivity index (χ0n) is 17.4. The summed E-state index contributed by atoms with van der Waals surface area (Å²) in [6.45, 7) is 8.26. The van der Waals surface area contributed by atoms with Gasteiger partial charge in [0.05, 0.1) is 0 Å². The van der Waals surface area contributed by atoms with E-state index in [0.717, 1.165) is 18.8 Å². The molecule has 160 valence electrons. The fourth-order valence-electron chi connectivity index (χ4n) is 3.09. The van der Waals surface area contributed by atoms with Crippen LogP contribution in [0.4, 0.5) is 26.7 Å². The van der Waals surface area contributed by atoms with Crippen LogP contribution in [-0.2, 0) is 4.74 Å². The van der Waals surface area contributed by atoms with Crippen molar-refractivity contribution < 1.29 is 14.3 Å². The standard InChI is InChI=1S/C22H27ClN4O3/c1-22(2,3)30-21(29)27-13-11-26(12-14-27)19-9-7-17(8-10-19)24-20(28)25-18-6-4-5-16(23)15-18/h4-10,15H,11-14H2,1-3H3,(H2,24,25,28). The van der Waals surface area contributed by atoms with Crippen molar-refractivity contribution in [2.24, 2.45) is 0 Å². The number of carbonyl (C=O) groups excluding carboxylic acids is 2. The van der Waals surface area contributed by atoms with Gasteiger partial charge in [0.1, 0.15) is 5.60 Å². The predicted molar refractivity (Wildman–Crippen MR) is 121 cm³/mol. The summed E-state index contributed by atoms with van der Waals surface area (Å²) in [7, 11) is 0. The van der Waals surface area contributed by atoms with Crippen LogP contribution in [0.1, 0.15) is 20.8 Å². The molecular weight excluding hydrogens is 404 g/mol. The van der Waals surface area contributed by atoms with E-state index in [2.05, 4.69) is 15.5 Å². The summed E-state index contributed by atoms with van der Waals surface area (Å²) in [6, 6.07) is 14.3. The smallest absolute Gasteiger partial charge is 0.410 e. The Balaban J connectivity index is 1.50. The highest BCUT2D eigenvalue weighted by Crippen LogP contribution is 2.21. The predicted octanol–water partition coefficient (Wildman–Crippen LogP) is 5.04. The Morgan fingerprint density at radius 3 is 2.17 bits per heavy atom. The maximum atomic E-state index is 12.2. The molecule has 3 rings (SSSR count). The summed E-state index contributed by atoms with van der Waals surface area (Å²) >= 11 is 5.93. The van der Waals surface area contributed by atoms with Gasteiger partial charge in [0.2, 0.25) is 0 Å². The SMILES string of the molecule is CC(C)(C)OC(=O)N1CCN(c2ccc(NC(=O)Nc3cccc(Cl)c3)cc2)CC1. The third-order valence-corrected chi connectivity index (χ3v) is 4.74. The van der Waals surface area contributed by atoms with Crippen molar-refractivity contribution >= 4 is 40.8 Å². The first-order valence-corrected chi connectivity index (χ1v) is 10.2. The molecule has 2 N–H and O–H groups in total. The molecule has 0 spiro atoms. The molecule has 1 aliphatic rings. The van der Waals surface area contributed by atoms with Gasteiger partial charge in [-0.15, -0.1) is 0 Å². The summed E-state index contributed by atoms with van der Waals surface area (Å²) in [5, 5.41) is 6.11. The van der Waals surface area contributed by atoms with Crippen LogP contribution in [0.2, 0.25) is 5.02 Å². The molecule has 0 aliphatic carbocycles. The fraction of sp³-hybridized carbons (Fsp3) is 0.364. The number of halogens is 1. The number of hydrogen-bond donors (Lipinski definition) is 2. The topological polar surface area (TPSA) is 73.9 Å². The average Bonchev–Trinajstić information content (AvgIpc) is 2.67. The molecule has 2 aromatic carbocycles. The fourth-order valence-corrected chi connectivity index (χ4v) is 3.28. The van der Waals surface area contributed by atoms with Crippen molar-refractivity contribution in [1.82, 2.24) is 4.90 Å². The van der Waals surface area contributed by atoms with Gasteiger partial charge < -0.3 is 25.2 Å². The minimum absolute atomic E-state index is 0.271. The molecule has 7 nitrogen and oxygen atoms in total. The number of ether oxygens (including phenoxy) is 1. The molecule has 0 aromatic heterocycles. The third kappa shape index (κ3) is 6.29. The number of piperazine rings is 1. The summed E-state index contributed by atoms with van der Waals surface area (Å²) in [6.07, 6.45) is -0.271. The molecule has 0 atom stereocenters. The third-order valence-electron chi connectivity index (χ3n) is 4.50. The van der Waals surface area contributed by atoms with Gasteiger partial charge in [-0.2, -0.15) is 0 Å². The van der Waals surface area contributed by atoms with Crippen molar-refractivity contribution in [2.45, 2.75) is 26.4 Å². The molecule has 1 saturated heterocycles. The second-order valence-corrected chi connectivity index (χ2v) is 8.53. The molecular formula is C22H27ClN4O3. The van der Waals surface area contributed by atoms with E-state index in [4.69, 9.17) is 16.3 Å². The quantitative estimate of drug-likeness (QED) is 0.715. The van der Waals surface area contributed by atoms with Gasteiger partial charge in [0.15, 0.2) is 0 Å². The maximum absolute atomic E-state index is 12.2. The zero-order valence-corrected chi connectivity index (χ0v) is 18.2. The van der Waals surface area contributed by atoms with E-state index >= 15 is 0 Å². The molecule has 2 aromatic rings. The van der Waals surface area contributed by atoms with Crippen LogP contribution in [0.3, 0.4) is 0 Å². The number of carbonyl (C=O) groups is 2. The summed E-state index contributed by atoms with van der Waals surface area (Å²) < 4.78 is 5.43. The van der Waals surface area contributed by atoms with Crippen LogP contribution in [0, 0.1) is 0 Å². The van der Waals surface area contributed by atoms with E-state index < -0.39 is 5.60 Å². The Labute approximate surface area is 181 Å². The van der Waals surface area contributed by atoms with Gasteiger partial charge in [0, 0.05) is 48.3 Å². The molecule has 1 aliphatic heterocycles. The molecule has 30 heavy (non-hydrogen) atoms. The molecule has 0 saturated carbocycles. The first kappa shape index (κ1) is 21.8. The van der Waals surface area contributed by atoms with Crippen LogP contribution in [0.5, 0.6) is 0 Å². The normalized spacial score (nSPS) is 14.3. The molecule has 0 radical (unpaired) electrons. The van der Waals surface area contributed by atoms with E-state index in [1.165, 1.54) is 0 Å². The van der Waals surface area contributed by atoms with Crippen molar-refractivity contribution in [1.29, 1.82) is 0 Å². The van der Waals surface area contributed by atoms with Crippen LogP contribution in [0.25, 0.3) is 0 Å². The first-order chi connectivity index (χ1) is 14.2. The van der Waals surface area contributed by atoms with E-state index in [0.29, 0.717) is 29.5 Å². The van der Waals surface area contributed by atoms with Gasteiger partial charge in [0.25, 0.3) is 0 Å². The Hall–Kier alpha value is -2.93. The van der Waals surface area contributed by atoms with E-state index in [-0.39, 0.29) is 12.1 Å². The van der Waals surface area contributed by atoms with Crippen LogP contribution in [0.15, 0.2) is 48.5 Å². The largest absolute Gasteiger partial charge is 0.444 e. The van der Waals surface area contributed by atoms with Gasteiger partial charge in [-0.1, -0.05) is 17.7 Å². The van der Waals surface area contributed by atoms with Crippen molar-refractivity contribution in [3.8, 4) is 0 Å². The molecule has 8 heteroatoms. The Morgan fingerprint density at radius 2 is 1.57 bits per heavy atom. The van der Waals surface area contributed by atoms with Gasteiger partial charge in [-0.25, -0.2) is 9.59 Å². The second-order valence-electron chi connectivity index (χ2n) is 8.09. The van der Waals surface area contributed by atoms with Crippen LogP contribution >= 0.6 is 11.6 Å². The van der Waals surface area contributed by atoms with E-state index in [1.54, 1.807) is 29.2 Å². The Bertz CT molecular complexity index is 888. The number of benzene rings is 2. The number of amides is 3. The van der Waals surface area contributed by atoms with Crippen molar-refractivity contribution in [3.63, 3.8) is 0 Å². The second kappa shape index (κ2) is 9.26. The van der Waals surface area contributed by atoms with E-state index in [1.807, 2.05) is 45.0 Å². The number of nitrogens with one attached hydrogen (secondary N) is 2. The summed E-state index contributed by atoms with van der Waals surface area (Å²) in [4.78, 5) is 28.3. The maximum Gasteiger partial charge on any atom is 0.410 e. The number of rotatable bonds is 3. The number of anilines is 3. The van der Waals surface area contributed by atoms with E-state index in [9.17, 15) is 9.59 Å². The highest BCUT2D eigenvalue weighted by Gasteiger charge is 2.25. The minimum Gasteiger partial charge on any atom is -0.444 e. The zero-order chi connectivity index (χ0) is 21.7. The molecule has 0 unspecified atom stereocenters. The molecule has 0 bridgehead atoms. The van der Waals surface area contributed by atoms with Crippen molar-refractivity contribution in [3.05, 3.63) is 53.6 Å². The lowest BCUT2D eigenvalue weighted by atomic mass is 10.2. The lowest BCUT2D eigenvalue weighted by molar-refractivity contribution is 0.0240. The first-order valence-electron chi connectivity index (χ1n) is 9.86. The monoisotopic (exact) mass is 430 g/mol. The van der Waals surface area contributed by atoms with Crippen LogP contribution in [-0.4, -0.2) is 48.8 Å². The summed E-state index contributed by atoms with van der Waals surface area (Å²) in [5.74, 6) is 0. The van der Waals surface area contributed by atoms with Gasteiger partial charge >= 0.3 is 12.1 Å². The highest BCUT2D eigenvalue weighted by atomic mass is 35.5. The van der Waals surface area contributed by atoms with Gasteiger partial charge in [-0.3, -0.25) is 0 Å². The molecule has 1 heterocycles.